The molecule has 7 rings (SSSR count). The summed E-state index contributed by atoms with van der Waals surface area (Å²) in [6, 6.07) is 32.5. The third-order valence-corrected chi connectivity index (χ3v) is 9.67. The lowest BCUT2D eigenvalue weighted by Crippen LogP contribution is -2.55. The van der Waals surface area contributed by atoms with E-state index in [1.54, 1.807) is 0 Å². The molecule has 3 aliphatic rings. The second-order valence-electron chi connectivity index (χ2n) is 9.66. The topological polar surface area (TPSA) is 25.4 Å². The lowest BCUT2D eigenvalue weighted by atomic mass is 9.73. The van der Waals surface area contributed by atoms with Gasteiger partial charge in [0.1, 0.15) is 6.10 Å². The predicted molar refractivity (Wildman–Crippen MR) is 146 cm³/mol. The van der Waals surface area contributed by atoms with Gasteiger partial charge in [-0.25, -0.2) is 0 Å². The van der Waals surface area contributed by atoms with Crippen LogP contribution in [0.25, 0.3) is 10.9 Å². The summed E-state index contributed by atoms with van der Waals surface area (Å²) >= 11 is 0. The van der Waals surface area contributed by atoms with Crippen LogP contribution in [-0.4, -0.2) is 29.0 Å². The van der Waals surface area contributed by atoms with E-state index < -0.39 is 8.15 Å². The van der Waals surface area contributed by atoms with Crippen LogP contribution >= 0.6 is 8.15 Å². The number of nitrogens with zero attached hydrogens (tertiary/aromatic N) is 2. The third kappa shape index (κ3) is 4.45. The van der Waals surface area contributed by atoms with Crippen LogP contribution in [0.2, 0.25) is 0 Å². The van der Waals surface area contributed by atoms with Gasteiger partial charge in [-0.05, 0) is 48.9 Å². The van der Waals surface area contributed by atoms with E-state index >= 15 is 0 Å². The summed E-state index contributed by atoms with van der Waals surface area (Å²) in [4.78, 5) is 7.32. The molecule has 0 aliphatic carbocycles. The molecule has 4 heteroatoms. The van der Waals surface area contributed by atoms with Gasteiger partial charge < -0.3 is 4.52 Å². The maximum atomic E-state index is 7.35. The molecule has 3 aromatic carbocycles. The molecule has 1 unspecified atom stereocenters. The molecule has 3 nitrogen and oxygen atoms in total. The Morgan fingerprint density at radius 2 is 1.60 bits per heavy atom. The van der Waals surface area contributed by atoms with E-state index in [1.807, 2.05) is 6.20 Å². The van der Waals surface area contributed by atoms with Gasteiger partial charge in [0.15, 0.2) is 0 Å². The largest absolute Gasteiger partial charge is 0.340 e. The first-order valence-electron chi connectivity index (χ1n) is 12.6. The molecule has 0 amide bonds. The minimum absolute atomic E-state index is 0.0389. The number of hydrogen-bond donors (Lipinski definition) is 0. The number of fused-ring (bicyclic) bond motifs is 4. The van der Waals surface area contributed by atoms with Crippen molar-refractivity contribution >= 4 is 29.7 Å². The molecule has 5 atom stereocenters. The second-order valence-corrected chi connectivity index (χ2v) is 11.5. The lowest BCUT2D eigenvalue weighted by molar-refractivity contribution is -0.0320. The summed E-state index contributed by atoms with van der Waals surface area (Å²) in [6.45, 7) is 6.35. The zero-order valence-corrected chi connectivity index (χ0v) is 20.8. The summed E-state index contributed by atoms with van der Waals surface area (Å²) in [7, 11) is -0.985. The maximum absolute atomic E-state index is 7.35. The van der Waals surface area contributed by atoms with E-state index in [4.69, 9.17) is 4.52 Å². The summed E-state index contributed by atoms with van der Waals surface area (Å²) in [5.74, 6) is 1.26. The van der Waals surface area contributed by atoms with Gasteiger partial charge >= 0.3 is 0 Å². The van der Waals surface area contributed by atoms with Crippen molar-refractivity contribution in [3.8, 4) is 0 Å². The van der Waals surface area contributed by atoms with E-state index in [-0.39, 0.29) is 6.10 Å². The van der Waals surface area contributed by atoms with Crippen molar-refractivity contribution in [3.63, 3.8) is 0 Å². The van der Waals surface area contributed by atoms with Gasteiger partial charge in [0.05, 0.1) is 13.7 Å². The van der Waals surface area contributed by atoms with Gasteiger partial charge in [-0.3, -0.25) is 9.88 Å². The van der Waals surface area contributed by atoms with Crippen molar-refractivity contribution in [2.75, 3.05) is 13.1 Å². The van der Waals surface area contributed by atoms with Crippen molar-refractivity contribution in [1.82, 2.24) is 9.88 Å². The summed E-state index contributed by atoms with van der Waals surface area (Å²) in [6.07, 6.45) is 6.48. The van der Waals surface area contributed by atoms with Gasteiger partial charge in [0, 0.05) is 34.8 Å². The average Bonchev–Trinajstić information content (AvgIpc) is 2.94. The molecule has 3 saturated heterocycles. The Labute approximate surface area is 209 Å². The van der Waals surface area contributed by atoms with Gasteiger partial charge in [0.2, 0.25) is 0 Å². The van der Waals surface area contributed by atoms with Crippen LogP contribution < -0.4 is 10.6 Å². The molecule has 0 N–H and O–H groups in total. The van der Waals surface area contributed by atoms with Crippen LogP contribution in [0.1, 0.15) is 24.5 Å². The van der Waals surface area contributed by atoms with Crippen LogP contribution in [-0.2, 0) is 4.52 Å². The molecule has 4 heterocycles. The van der Waals surface area contributed by atoms with E-state index in [9.17, 15) is 0 Å². The molecule has 3 fully saturated rings. The number of benzene rings is 3. The highest BCUT2D eigenvalue weighted by molar-refractivity contribution is 7.68. The fraction of sp³-hybridized carbons (Fsp3) is 0.258. The second kappa shape index (κ2) is 10.0. The lowest BCUT2D eigenvalue weighted by Gasteiger charge is -2.51. The predicted octanol–water partition coefficient (Wildman–Crippen LogP) is 6.24. The van der Waals surface area contributed by atoms with E-state index in [0.29, 0.717) is 17.9 Å². The zero-order valence-electron chi connectivity index (χ0n) is 19.9. The number of rotatable bonds is 7. The molecule has 0 radical (unpaired) electrons. The highest BCUT2D eigenvalue weighted by Gasteiger charge is 2.44. The highest BCUT2D eigenvalue weighted by Crippen LogP contribution is 2.49. The standard InChI is InChI=1S/C31H31N2OP/c1-2-23-22-33-20-18-24(23)21-30(33)31(28-17-19-32-29-16-10-9-15-27(28)29)34-35(25-11-5-3-6-12-25)26-13-7-4-8-14-26/h2-17,19,23-24,30-31H,1,18,20-22H2/t23-,24-,30-,31+/m0/s1. The van der Waals surface area contributed by atoms with Gasteiger partial charge in [0.25, 0.3) is 0 Å². The zero-order chi connectivity index (χ0) is 23.6. The molecule has 4 aromatic rings. The first-order valence-corrected chi connectivity index (χ1v) is 13.8. The van der Waals surface area contributed by atoms with Crippen molar-refractivity contribution in [3.05, 3.63) is 115 Å². The molecule has 176 valence electrons. The van der Waals surface area contributed by atoms with Crippen LogP contribution in [0.5, 0.6) is 0 Å². The fourth-order valence-corrected chi connectivity index (χ4v) is 7.81. The molecular weight excluding hydrogens is 447 g/mol. The van der Waals surface area contributed by atoms with Gasteiger partial charge in [-0.1, -0.05) is 84.9 Å². The Morgan fingerprint density at radius 3 is 2.26 bits per heavy atom. The van der Waals surface area contributed by atoms with E-state index in [0.717, 1.165) is 25.0 Å². The summed E-state index contributed by atoms with van der Waals surface area (Å²) < 4.78 is 7.35. The number of hydrogen-bond acceptors (Lipinski definition) is 3. The Hall–Kier alpha value is -2.84. The van der Waals surface area contributed by atoms with Crippen molar-refractivity contribution in [2.45, 2.75) is 25.0 Å². The van der Waals surface area contributed by atoms with Crippen molar-refractivity contribution in [2.24, 2.45) is 11.8 Å². The monoisotopic (exact) mass is 478 g/mol. The van der Waals surface area contributed by atoms with Gasteiger partial charge in [-0.2, -0.15) is 0 Å². The van der Waals surface area contributed by atoms with Gasteiger partial charge in [-0.15, -0.1) is 6.58 Å². The first kappa shape index (κ1) is 22.6. The summed E-state index contributed by atoms with van der Waals surface area (Å²) in [5.41, 5.74) is 2.28. The SMILES string of the molecule is C=C[C@H]1CN2CC[C@H]1C[C@H]2[C@H](OP(c1ccccc1)c1ccccc1)c1ccnc2ccccc12. The highest BCUT2D eigenvalue weighted by atomic mass is 31.1. The molecule has 2 bridgehead atoms. The van der Waals surface area contributed by atoms with Crippen LogP contribution in [0, 0.1) is 11.8 Å². The molecule has 3 aliphatic heterocycles. The number of piperidine rings is 3. The molecule has 0 saturated carbocycles. The molecule has 35 heavy (non-hydrogen) atoms. The number of aromatic nitrogens is 1. The molecule has 0 spiro atoms. The smallest absolute Gasteiger partial charge is 0.104 e. The number of para-hydroxylation sites is 1. The molecule has 1 aromatic heterocycles. The van der Waals surface area contributed by atoms with E-state index in [1.165, 1.54) is 28.0 Å². The quantitative estimate of drug-likeness (QED) is 0.232. The van der Waals surface area contributed by atoms with E-state index in [2.05, 4.69) is 114 Å². The Morgan fingerprint density at radius 1 is 0.914 bits per heavy atom. The molecular formula is C31H31N2OP. The van der Waals surface area contributed by atoms with Crippen LogP contribution in [0.15, 0.2) is 110 Å². The minimum atomic E-state index is -0.985. The minimum Gasteiger partial charge on any atom is -0.340 e. The normalized spacial score (nSPS) is 24.5. The maximum Gasteiger partial charge on any atom is 0.104 e. The number of pyridine rings is 1. The summed E-state index contributed by atoms with van der Waals surface area (Å²) in [5, 5.41) is 3.69. The van der Waals surface area contributed by atoms with Crippen LogP contribution in [0.4, 0.5) is 0 Å². The average molecular weight is 479 g/mol. The van der Waals surface area contributed by atoms with Crippen molar-refractivity contribution in [1.29, 1.82) is 0 Å². The Kier molecular flexibility index (Phi) is 6.48. The Bertz CT molecular complexity index is 1250. The third-order valence-electron chi connectivity index (χ3n) is 7.69. The van der Waals surface area contributed by atoms with Crippen LogP contribution in [0.3, 0.4) is 0 Å². The first-order chi connectivity index (χ1) is 17.3. The van der Waals surface area contributed by atoms with Crippen molar-refractivity contribution < 1.29 is 4.52 Å². The fourth-order valence-electron chi connectivity index (χ4n) is 5.90. The Balaban J connectivity index is 1.46.